The molecule has 0 amide bonds. The quantitative estimate of drug-likeness (QED) is 0.780. The molecule has 1 aliphatic rings. The van der Waals surface area contributed by atoms with Crippen molar-refractivity contribution in [2.75, 3.05) is 0 Å². The monoisotopic (exact) mass is 351 g/mol. The van der Waals surface area contributed by atoms with Crippen LogP contribution in [-0.4, -0.2) is 35.6 Å². The normalized spacial score (nSPS) is 15.0. The van der Waals surface area contributed by atoms with Gasteiger partial charge in [0.2, 0.25) is 0 Å². The van der Waals surface area contributed by atoms with Crippen LogP contribution in [0.5, 0.6) is 0 Å². The number of fused-ring (bicyclic) bond motifs is 1. The topological polar surface area (TPSA) is 85.8 Å². The van der Waals surface area contributed by atoms with Crippen LogP contribution < -0.4 is 0 Å². The highest BCUT2D eigenvalue weighted by atomic mass is 16.4. The van der Waals surface area contributed by atoms with Crippen molar-refractivity contribution in [1.82, 2.24) is 24.5 Å². The Labute approximate surface area is 151 Å². The van der Waals surface area contributed by atoms with E-state index in [0.29, 0.717) is 28.3 Å². The molecule has 0 atom stereocenters. The van der Waals surface area contributed by atoms with Crippen molar-refractivity contribution >= 4 is 29.2 Å². The molecule has 134 valence electrons. The largest absolute Gasteiger partial charge is 0.478 e. The van der Waals surface area contributed by atoms with E-state index in [4.69, 9.17) is 0 Å². The SMILES string of the molecule is Cc1nn(C)c2nc(/C=C/c3c(C4CCC4)cnn3C)cc(C(=O)O)c12. The van der Waals surface area contributed by atoms with Crippen LogP contribution in [0.3, 0.4) is 0 Å². The molecule has 3 heterocycles. The molecular weight excluding hydrogens is 330 g/mol. The third-order valence-electron chi connectivity index (χ3n) is 5.19. The second-order valence-electron chi connectivity index (χ2n) is 6.88. The number of carbonyl (C=O) groups is 1. The first kappa shape index (κ1) is 16.5. The van der Waals surface area contributed by atoms with Gasteiger partial charge >= 0.3 is 5.97 Å². The Morgan fingerprint density at radius 3 is 2.69 bits per heavy atom. The number of pyridine rings is 1. The van der Waals surface area contributed by atoms with Crippen molar-refractivity contribution < 1.29 is 9.90 Å². The van der Waals surface area contributed by atoms with E-state index < -0.39 is 5.97 Å². The van der Waals surface area contributed by atoms with Gasteiger partial charge in [-0.3, -0.25) is 9.36 Å². The zero-order valence-electron chi connectivity index (χ0n) is 15.1. The van der Waals surface area contributed by atoms with E-state index in [-0.39, 0.29) is 5.56 Å². The van der Waals surface area contributed by atoms with E-state index in [1.807, 2.05) is 30.1 Å². The highest BCUT2D eigenvalue weighted by Crippen LogP contribution is 2.38. The van der Waals surface area contributed by atoms with Crippen LogP contribution in [0, 0.1) is 6.92 Å². The lowest BCUT2D eigenvalue weighted by molar-refractivity contribution is 0.0699. The third-order valence-corrected chi connectivity index (χ3v) is 5.19. The Morgan fingerprint density at radius 2 is 2.04 bits per heavy atom. The van der Waals surface area contributed by atoms with Crippen molar-refractivity contribution in [3.8, 4) is 0 Å². The predicted molar refractivity (Wildman–Crippen MR) is 98.9 cm³/mol. The molecule has 1 fully saturated rings. The fourth-order valence-corrected chi connectivity index (χ4v) is 3.58. The Hall–Kier alpha value is -2.96. The summed E-state index contributed by atoms with van der Waals surface area (Å²) in [4.78, 5) is 16.3. The molecular formula is C19H21N5O2. The number of aromatic nitrogens is 5. The summed E-state index contributed by atoms with van der Waals surface area (Å²) in [5, 5.41) is 18.9. The Morgan fingerprint density at radius 1 is 1.27 bits per heavy atom. The molecule has 1 N–H and O–H groups in total. The van der Waals surface area contributed by atoms with Crippen LogP contribution in [0.15, 0.2) is 12.3 Å². The van der Waals surface area contributed by atoms with Crippen molar-refractivity contribution in [2.24, 2.45) is 14.1 Å². The minimum absolute atomic E-state index is 0.226. The number of hydrogen-bond acceptors (Lipinski definition) is 4. The molecule has 0 bridgehead atoms. The lowest BCUT2D eigenvalue weighted by atomic mass is 9.80. The molecule has 7 heteroatoms. The van der Waals surface area contributed by atoms with Gasteiger partial charge in [-0.25, -0.2) is 9.78 Å². The standard InChI is InChI=1S/C19H21N5O2/c1-11-17-14(19(25)26)9-13(21-18(17)24(3)22-11)7-8-16-15(10-20-23(16)2)12-5-4-6-12/h7-10,12H,4-6H2,1-3H3,(H,25,26)/b8-7+. The average Bonchev–Trinajstić information content (AvgIpc) is 3.04. The molecule has 0 spiro atoms. The van der Waals surface area contributed by atoms with E-state index in [1.54, 1.807) is 24.7 Å². The molecule has 1 saturated carbocycles. The second-order valence-corrected chi connectivity index (χ2v) is 6.88. The summed E-state index contributed by atoms with van der Waals surface area (Å²) < 4.78 is 3.48. The molecule has 3 aromatic heterocycles. The van der Waals surface area contributed by atoms with Gasteiger partial charge in [0.25, 0.3) is 0 Å². The fourth-order valence-electron chi connectivity index (χ4n) is 3.58. The molecule has 1 aliphatic carbocycles. The molecule has 0 radical (unpaired) electrons. The smallest absolute Gasteiger partial charge is 0.336 e. The van der Waals surface area contributed by atoms with Gasteiger partial charge in [0.15, 0.2) is 5.65 Å². The number of hydrogen-bond donors (Lipinski definition) is 1. The van der Waals surface area contributed by atoms with Crippen LogP contribution in [-0.2, 0) is 14.1 Å². The van der Waals surface area contributed by atoms with E-state index in [0.717, 1.165) is 5.69 Å². The molecule has 0 aromatic carbocycles. The van der Waals surface area contributed by atoms with E-state index in [1.165, 1.54) is 24.8 Å². The minimum atomic E-state index is -0.973. The number of carboxylic acids is 1. The Kier molecular flexibility index (Phi) is 3.86. The molecule has 0 aliphatic heterocycles. The third kappa shape index (κ3) is 2.60. The van der Waals surface area contributed by atoms with Crippen molar-refractivity contribution in [3.05, 3.63) is 40.5 Å². The molecule has 26 heavy (non-hydrogen) atoms. The van der Waals surface area contributed by atoms with Crippen LogP contribution in [0.1, 0.15) is 58.2 Å². The maximum atomic E-state index is 11.7. The van der Waals surface area contributed by atoms with Gasteiger partial charge in [0.1, 0.15) is 0 Å². The summed E-state index contributed by atoms with van der Waals surface area (Å²) in [6.07, 6.45) is 9.44. The van der Waals surface area contributed by atoms with E-state index in [9.17, 15) is 9.90 Å². The van der Waals surface area contributed by atoms with Crippen LogP contribution in [0.2, 0.25) is 0 Å². The molecule has 0 saturated heterocycles. The van der Waals surface area contributed by atoms with Gasteiger partial charge < -0.3 is 5.11 Å². The summed E-state index contributed by atoms with van der Waals surface area (Å²) in [6, 6.07) is 1.61. The summed E-state index contributed by atoms with van der Waals surface area (Å²) in [7, 11) is 3.70. The summed E-state index contributed by atoms with van der Waals surface area (Å²) in [5.74, 6) is -0.396. The molecule has 3 aromatic rings. The zero-order chi connectivity index (χ0) is 18.4. The Bertz CT molecular complexity index is 1040. The van der Waals surface area contributed by atoms with Gasteiger partial charge in [-0.15, -0.1) is 0 Å². The van der Waals surface area contributed by atoms with Crippen molar-refractivity contribution in [1.29, 1.82) is 0 Å². The number of aromatic carboxylic acids is 1. The van der Waals surface area contributed by atoms with Crippen molar-refractivity contribution in [2.45, 2.75) is 32.1 Å². The van der Waals surface area contributed by atoms with Crippen LogP contribution in [0.4, 0.5) is 0 Å². The van der Waals surface area contributed by atoms with E-state index >= 15 is 0 Å². The van der Waals surface area contributed by atoms with Crippen LogP contribution >= 0.6 is 0 Å². The predicted octanol–water partition coefficient (Wildman–Crippen LogP) is 3.15. The number of rotatable bonds is 4. The number of aryl methyl sites for hydroxylation is 3. The molecule has 0 unspecified atom stereocenters. The van der Waals surface area contributed by atoms with Gasteiger partial charge in [-0.05, 0) is 43.9 Å². The molecule has 7 nitrogen and oxygen atoms in total. The zero-order valence-corrected chi connectivity index (χ0v) is 15.1. The lowest BCUT2D eigenvalue weighted by Gasteiger charge is -2.25. The van der Waals surface area contributed by atoms with Gasteiger partial charge in [-0.2, -0.15) is 10.2 Å². The number of carboxylic acid groups (broad SMARTS) is 1. The molecule has 4 rings (SSSR count). The minimum Gasteiger partial charge on any atom is -0.478 e. The maximum Gasteiger partial charge on any atom is 0.336 e. The number of nitrogens with zero attached hydrogens (tertiary/aromatic N) is 5. The summed E-state index contributed by atoms with van der Waals surface area (Å²) in [5.41, 5.74) is 4.37. The van der Waals surface area contributed by atoms with Crippen molar-refractivity contribution in [3.63, 3.8) is 0 Å². The van der Waals surface area contributed by atoms with Gasteiger partial charge in [0, 0.05) is 19.7 Å². The van der Waals surface area contributed by atoms with Gasteiger partial charge in [-0.1, -0.05) is 6.42 Å². The first-order valence-corrected chi connectivity index (χ1v) is 8.73. The summed E-state index contributed by atoms with van der Waals surface area (Å²) >= 11 is 0. The Balaban J connectivity index is 1.78. The first-order chi connectivity index (χ1) is 12.5. The highest BCUT2D eigenvalue weighted by Gasteiger charge is 2.23. The van der Waals surface area contributed by atoms with Crippen LogP contribution in [0.25, 0.3) is 23.2 Å². The highest BCUT2D eigenvalue weighted by molar-refractivity contribution is 6.03. The first-order valence-electron chi connectivity index (χ1n) is 8.73. The average molecular weight is 351 g/mol. The fraction of sp³-hybridized carbons (Fsp3) is 0.368. The maximum absolute atomic E-state index is 11.7. The summed E-state index contributed by atoms with van der Waals surface area (Å²) in [6.45, 7) is 1.80. The van der Waals surface area contributed by atoms with Gasteiger partial charge in [0.05, 0.1) is 34.2 Å². The lowest BCUT2D eigenvalue weighted by Crippen LogP contribution is -2.09. The second kappa shape index (κ2) is 6.09. The van der Waals surface area contributed by atoms with E-state index in [2.05, 4.69) is 15.2 Å².